The third-order valence-electron chi connectivity index (χ3n) is 1.77. The molecule has 0 aliphatic rings. The number of aromatic hydroxyl groups is 1. The Labute approximate surface area is 104 Å². The van der Waals surface area contributed by atoms with Crippen molar-refractivity contribution >= 4 is 21.6 Å². The Morgan fingerprint density at radius 1 is 1.00 bits per heavy atom. The predicted octanol–water partition coefficient (Wildman–Crippen LogP) is 1.36. The van der Waals surface area contributed by atoms with Crippen LogP contribution in [0.2, 0.25) is 0 Å². The van der Waals surface area contributed by atoms with E-state index in [-0.39, 0.29) is 0 Å². The van der Waals surface area contributed by atoms with Crippen molar-refractivity contribution in [3.63, 3.8) is 0 Å². The summed E-state index contributed by atoms with van der Waals surface area (Å²) < 4.78 is 9.56. The normalized spacial score (nSPS) is 9.00. The third kappa shape index (κ3) is 6.01. The van der Waals surface area contributed by atoms with Crippen molar-refractivity contribution in [1.29, 1.82) is 0 Å². The average Bonchev–Trinajstić information content (AvgIpc) is 2.32. The van der Waals surface area contributed by atoms with Crippen LogP contribution in [0.15, 0.2) is 42.5 Å². The van der Waals surface area contributed by atoms with Crippen LogP contribution in [0.3, 0.4) is 0 Å². The molecule has 17 heavy (non-hydrogen) atoms. The molecular formula is C12H18N2O2S. The van der Waals surface area contributed by atoms with Gasteiger partial charge in [0.2, 0.25) is 0 Å². The van der Waals surface area contributed by atoms with Crippen LogP contribution < -0.4 is 11.7 Å². The fraction of sp³-hybridized carbons (Fsp3) is 0.167. The van der Waals surface area contributed by atoms with E-state index in [1.807, 2.05) is 36.4 Å². The van der Waals surface area contributed by atoms with Crippen LogP contribution in [0.4, 0.5) is 0 Å². The molecule has 0 atom stereocenters. The van der Waals surface area contributed by atoms with Gasteiger partial charge in [-0.05, 0) is 11.5 Å². The minimum Gasteiger partial charge on any atom is -0.507 e. The summed E-state index contributed by atoms with van der Waals surface area (Å²) in [4.78, 5) is 0. The average molecular weight is 254 g/mol. The summed E-state index contributed by atoms with van der Waals surface area (Å²) in [5.41, 5.74) is 0. The zero-order valence-corrected chi connectivity index (χ0v) is 10.8. The number of fused-ring (bicyclic) bond motifs is 1. The highest BCUT2D eigenvalue weighted by molar-refractivity contribution is 7.83. The lowest BCUT2D eigenvalue weighted by Gasteiger charge is -1.97. The monoisotopic (exact) mass is 254 g/mol. The third-order valence-corrected chi connectivity index (χ3v) is 1.77. The molecule has 2 rings (SSSR count). The molecule has 0 heterocycles. The first kappa shape index (κ1) is 15.6. The summed E-state index contributed by atoms with van der Waals surface area (Å²) in [7, 11) is -0.611. The lowest BCUT2D eigenvalue weighted by molar-refractivity contribution is 0.481. The van der Waals surface area contributed by atoms with E-state index in [1.165, 1.54) is 0 Å². The minimum absolute atomic E-state index is 0.350. The molecule has 0 unspecified atom stereocenters. The Morgan fingerprint density at radius 2 is 1.47 bits per heavy atom. The molecule has 0 radical (unpaired) electrons. The Bertz CT molecular complexity index is 466. The molecule has 94 valence electrons. The van der Waals surface area contributed by atoms with E-state index in [0.29, 0.717) is 5.75 Å². The Kier molecular flexibility index (Phi) is 7.96. The zero-order valence-electron chi connectivity index (χ0n) is 9.96. The summed E-state index contributed by atoms with van der Waals surface area (Å²) >= 11 is 0. The number of hydrogen-bond acceptors (Lipinski definition) is 4. The van der Waals surface area contributed by atoms with Gasteiger partial charge in [0.1, 0.15) is 5.75 Å². The van der Waals surface area contributed by atoms with Crippen LogP contribution in [0.25, 0.3) is 10.8 Å². The zero-order chi connectivity index (χ0) is 13.3. The second kappa shape index (κ2) is 8.69. The van der Waals surface area contributed by atoms with E-state index in [2.05, 4.69) is 11.7 Å². The lowest BCUT2D eigenvalue weighted by atomic mass is 10.1. The fourth-order valence-electron chi connectivity index (χ4n) is 1.21. The van der Waals surface area contributed by atoms with Gasteiger partial charge < -0.3 is 5.11 Å². The summed E-state index contributed by atoms with van der Waals surface area (Å²) in [6.45, 7) is 0. The number of hydrazine groups is 1. The van der Waals surface area contributed by atoms with E-state index in [4.69, 9.17) is 0 Å². The smallest absolute Gasteiger partial charge is 0.123 e. The maximum absolute atomic E-state index is 9.56. The lowest BCUT2D eigenvalue weighted by Crippen LogP contribution is -2.02. The van der Waals surface area contributed by atoms with Crippen molar-refractivity contribution in [2.24, 2.45) is 11.7 Å². The molecule has 0 spiro atoms. The van der Waals surface area contributed by atoms with Gasteiger partial charge in [-0.25, -0.2) is 0 Å². The number of nitrogens with two attached hydrogens (primary N) is 2. The molecule has 0 saturated carbocycles. The highest BCUT2D eigenvalue weighted by Gasteiger charge is 1.94. The maximum atomic E-state index is 9.56. The van der Waals surface area contributed by atoms with E-state index in [1.54, 1.807) is 18.6 Å². The molecule has 0 bridgehead atoms. The van der Waals surface area contributed by atoms with Crippen LogP contribution >= 0.6 is 0 Å². The van der Waals surface area contributed by atoms with Crippen molar-refractivity contribution in [1.82, 2.24) is 0 Å². The number of phenols is 1. The molecule has 4 nitrogen and oxygen atoms in total. The van der Waals surface area contributed by atoms with Crippen LogP contribution in [0.1, 0.15) is 0 Å². The van der Waals surface area contributed by atoms with Crippen LogP contribution in [0, 0.1) is 0 Å². The van der Waals surface area contributed by atoms with Crippen molar-refractivity contribution < 1.29 is 9.32 Å². The first-order valence-corrected chi connectivity index (χ1v) is 6.83. The topological polar surface area (TPSA) is 89.3 Å². The van der Waals surface area contributed by atoms with Crippen molar-refractivity contribution in [2.45, 2.75) is 0 Å². The van der Waals surface area contributed by atoms with Gasteiger partial charge in [0, 0.05) is 28.7 Å². The number of phenolic OH excluding ortho intramolecular Hbond substituents is 1. The van der Waals surface area contributed by atoms with Gasteiger partial charge >= 0.3 is 0 Å². The number of rotatable bonds is 0. The molecule has 0 aromatic heterocycles. The number of hydrogen-bond donors (Lipinski definition) is 3. The highest BCUT2D eigenvalue weighted by atomic mass is 32.2. The van der Waals surface area contributed by atoms with Gasteiger partial charge in [0.05, 0.1) is 0 Å². The predicted molar refractivity (Wildman–Crippen MR) is 74.0 cm³/mol. The summed E-state index contributed by atoms with van der Waals surface area (Å²) in [6.07, 6.45) is 3.28. The van der Waals surface area contributed by atoms with E-state index < -0.39 is 10.8 Å². The van der Waals surface area contributed by atoms with Gasteiger partial charge in [-0.3, -0.25) is 15.9 Å². The molecule has 5 N–H and O–H groups in total. The van der Waals surface area contributed by atoms with Crippen molar-refractivity contribution in [3.05, 3.63) is 42.5 Å². The SMILES string of the molecule is CS(C)=O.NN.Oc1cccc2ccccc12. The molecule has 0 aliphatic carbocycles. The van der Waals surface area contributed by atoms with Gasteiger partial charge in [0.15, 0.2) is 0 Å². The molecule has 0 fully saturated rings. The van der Waals surface area contributed by atoms with E-state index >= 15 is 0 Å². The van der Waals surface area contributed by atoms with Crippen LogP contribution in [-0.2, 0) is 10.8 Å². The molecular weight excluding hydrogens is 236 g/mol. The van der Waals surface area contributed by atoms with Gasteiger partial charge in [-0.15, -0.1) is 0 Å². The Hall–Kier alpha value is -1.43. The van der Waals surface area contributed by atoms with Gasteiger partial charge in [-0.2, -0.15) is 0 Å². The summed E-state index contributed by atoms with van der Waals surface area (Å²) in [5.74, 6) is 8.35. The molecule has 5 heteroatoms. The standard InChI is InChI=1S/C10H8O.C2H6OS.H4N2/c11-10-7-3-5-8-4-1-2-6-9(8)10;1-4(2)3;1-2/h1-7,11H;1-2H3;1-2H2. The van der Waals surface area contributed by atoms with Crippen LogP contribution in [0.5, 0.6) is 5.75 Å². The first-order valence-electron chi connectivity index (χ1n) is 4.86. The summed E-state index contributed by atoms with van der Waals surface area (Å²) in [5, 5.41) is 11.4. The summed E-state index contributed by atoms with van der Waals surface area (Å²) in [6, 6.07) is 13.3. The quantitative estimate of drug-likeness (QED) is 0.489. The van der Waals surface area contributed by atoms with Crippen molar-refractivity contribution in [3.8, 4) is 5.75 Å². The van der Waals surface area contributed by atoms with Crippen LogP contribution in [-0.4, -0.2) is 21.8 Å². The fourth-order valence-corrected chi connectivity index (χ4v) is 1.21. The van der Waals surface area contributed by atoms with Crippen molar-refractivity contribution in [2.75, 3.05) is 12.5 Å². The molecule has 0 aliphatic heterocycles. The second-order valence-electron chi connectivity index (χ2n) is 3.24. The minimum atomic E-state index is -0.611. The maximum Gasteiger partial charge on any atom is 0.123 e. The molecule has 0 amide bonds. The van der Waals surface area contributed by atoms with Gasteiger partial charge in [-0.1, -0.05) is 36.4 Å². The highest BCUT2D eigenvalue weighted by Crippen LogP contribution is 2.22. The second-order valence-corrected chi connectivity index (χ2v) is 4.72. The van der Waals surface area contributed by atoms with E-state index in [9.17, 15) is 9.32 Å². The molecule has 0 saturated heterocycles. The number of benzene rings is 2. The van der Waals surface area contributed by atoms with Gasteiger partial charge in [0.25, 0.3) is 0 Å². The Morgan fingerprint density at radius 3 is 2.00 bits per heavy atom. The molecule has 2 aromatic carbocycles. The Balaban J connectivity index is 0.000000368. The molecule has 2 aromatic rings. The van der Waals surface area contributed by atoms with E-state index in [0.717, 1.165) is 10.8 Å². The first-order chi connectivity index (χ1) is 8.11. The largest absolute Gasteiger partial charge is 0.507 e.